The quantitative estimate of drug-likeness (QED) is 0.185. The number of nitriles is 2. The third kappa shape index (κ3) is 3.69. The van der Waals surface area contributed by atoms with Crippen molar-refractivity contribution in [1.82, 2.24) is 9.13 Å². The van der Waals surface area contributed by atoms with Gasteiger partial charge in [-0.2, -0.15) is 10.5 Å². The van der Waals surface area contributed by atoms with E-state index in [9.17, 15) is 10.5 Å². The summed E-state index contributed by atoms with van der Waals surface area (Å²) in [6.07, 6.45) is 0. The summed E-state index contributed by atoms with van der Waals surface area (Å²) >= 11 is 0. The maximum atomic E-state index is 9.76. The van der Waals surface area contributed by atoms with Crippen molar-refractivity contribution >= 4 is 65.6 Å². The lowest BCUT2D eigenvalue weighted by Crippen LogP contribution is -2.14. The number of rotatable bonds is 2. The molecule has 1 aliphatic rings. The van der Waals surface area contributed by atoms with Crippen molar-refractivity contribution in [2.75, 3.05) is 0 Å². The summed E-state index contributed by atoms with van der Waals surface area (Å²) in [4.78, 5) is 0. The summed E-state index contributed by atoms with van der Waals surface area (Å²) in [7, 11) is 0. The molecule has 0 spiro atoms. The highest BCUT2D eigenvalue weighted by Crippen LogP contribution is 2.51. The predicted octanol–water partition coefficient (Wildman–Crippen LogP) is 11.8. The van der Waals surface area contributed by atoms with Gasteiger partial charge in [0.15, 0.2) is 0 Å². The summed E-state index contributed by atoms with van der Waals surface area (Å²) in [6, 6.07) is 51.2. The molecule has 11 rings (SSSR count). The molecule has 0 amide bonds. The molecule has 0 unspecified atom stereocenters. The lowest BCUT2D eigenvalue weighted by Gasteiger charge is -2.21. The van der Waals surface area contributed by atoms with E-state index < -0.39 is 0 Å². The van der Waals surface area contributed by atoms with Crippen molar-refractivity contribution in [2.45, 2.75) is 19.3 Å². The molecule has 0 bridgehead atoms. The fourth-order valence-electron chi connectivity index (χ4n) is 8.91. The van der Waals surface area contributed by atoms with Crippen molar-refractivity contribution in [1.29, 1.82) is 10.5 Å². The zero-order chi connectivity index (χ0) is 34.9. The van der Waals surface area contributed by atoms with Crippen LogP contribution in [0.3, 0.4) is 0 Å². The third-order valence-corrected chi connectivity index (χ3v) is 11.4. The lowest BCUT2D eigenvalue weighted by molar-refractivity contribution is 0.661. The van der Waals surface area contributed by atoms with Crippen LogP contribution in [0.25, 0.3) is 88.1 Å². The number of para-hydroxylation sites is 2. The molecule has 7 aromatic carbocycles. The van der Waals surface area contributed by atoms with Gasteiger partial charge in [-0.25, -0.2) is 0 Å². The Morgan fingerprint density at radius 3 is 1.65 bits per heavy atom. The van der Waals surface area contributed by atoms with Crippen LogP contribution in [0, 0.1) is 22.7 Å². The Kier molecular flexibility index (Phi) is 5.53. The monoisotopic (exact) mass is 664 g/mol. The Bertz CT molecular complexity index is 3300. The molecule has 3 aromatic heterocycles. The molecule has 0 N–H and O–H groups in total. The van der Waals surface area contributed by atoms with Gasteiger partial charge in [0, 0.05) is 49.1 Å². The fraction of sp³-hybridized carbons (Fsp3) is 0.0638. The summed E-state index contributed by atoms with van der Waals surface area (Å²) in [5.74, 6) is 0. The maximum Gasteiger partial charge on any atom is 0.135 e. The van der Waals surface area contributed by atoms with Gasteiger partial charge in [0.2, 0.25) is 0 Å². The van der Waals surface area contributed by atoms with E-state index in [-0.39, 0.29) is 5.41 Å². The minimum atomic E-state index is -0.184. The Balaban J connectivity index is 1.15. The van der Waals surface area contributed by atoms with E-state index in [2.05, 4.69) is 132 Å². The van der Waals surface area contributed by atoms with Gasteiger partial charge in [-0.05, 0) is 113 Å². The largest absolute Gasteiger partial charge is 0.456 e. The normalized spacial score (nSPS) is 13.3. The molecule has 0 radical (unpaired) electrons. The van der Waals surface area contributed by atoms with Crippen LogP contribution in [-0.4, -0.2) is 9.13 Å². The number of hydrogen-bond donors (Lipinski definition) is 0. The highest BCUT2D eigenvalue weighted by molar-refractivity contribution is 6.13. The van der Waals surface area contributed by atoms with Crippen molar-refractivity contribution in [3.05, 3.63) is 156 Å². The van der Waals surface area contributed by atoms with E-state index in [1.807, 2.05) is 36.4 Å². The van der Waals surface area contributed by atoms with Gasteiger partial charge in [-0.3, -0.25) is 0 Å². The van der Waals surface area contributed by atoms with Crippen LogP contribution in [0.15, 0.2) is 138 Å². The molecule has 1 aliphatic carbocycles. The second-order valence-electron chi connectivity index (χ2n) is 14.4. The molecular weight excluding hydrogens is 637 g/mol. The summed E-state index contributed by atoms with van der Waals surface area (Å²) in [6.45, 7) is 4.56. The molecule has 0 fully saturated rings. The number of furan rings is 1. The Morgan fingerprint density at radius 2 is 1.00 bits per heavy atom. The molecule has 0 atom stereocenters. The molecule has 242 valence electrons. The number of nitrogens with zero attached hydrogens (tertiary/aromatic N) is 4. The standard InChI is InChI=1S/C47H28N4O/c1-47(2)39-15-11-27(25-48)19-33(39)34-24-44-36(23-40(34)47)32-8-4-6-10-42(32)51(44)30-14-18-46-38(22-30)37-21-29(13-17-45(37)52-46)50-41-9-5-3-7-31(41)35-20-28(26-49)12-16-43(35)50/h3-24H,1-2H3. The van der Waals surface area contributed by atoms with Crippen LogP contribution in [0.5, 0.6) is 0 Å². The summed E-state index contributed by atoms with van der Waals surface area (Å²) in [5.41, 5.74) is 14.1. The number of hydrogen-bond acceptors (Lipinski definition) is 3. The van der Waals surface area contributed by atoms with Gasteiger partial charge in [0.25, 0.3) is 0 Å². The average Bonchev–Trinajstić information content (AvgIpc) is 3.88. The zero-order valence-electron chi connectivity index (χ0n) is 28.4. The lowest BCUT2D eigenvalue weighted by atomic mass is 9.82. The molecule has 0 saturated carbocycles. The van der Waals surface area contributed by atoms with Gasteiger partial charge < -0.3 is 13.6 Å². The van der Waals surface area contributed by atoms with Crippen molar-refractivity contribution in [3.63, 3.8) is 0 Å². The van der Waals surface area contributed by atoms with E-state index in [1.165, 1.54) is 27.5 Å². The maximum absolute atomic E-state index is 9.76. The zero-order valence-corrected chi connectivity index (χ0v) is 28.4. The molecule has 5 heteroatoms. The van der Waals surface area contributed by atoms with E-state index in [0.29, 0.717) is 11.1 Å². The molecule has 10 aromatic rings. The first-order chi connectivity index (χ1) is 25.4. The van der Waals surface area contributed by atoms with Gasteiger partial charge in [0.1, 0.15) is 11.2 Å². The first-order valence-corrected chi connectivity index (χ1v) is 17.5. The van der Waals surface area contributed by atoms with E-state index in [4.69, 9.17) is 4.42 Å². The second kappa shape index (κ2) is 10.0. The van der Waals surface area contributed by atoms with E-state index in [0.717, 1.165) is 71.7 Å². The first kappa shape index (κ1) is 28.7. The Hall–Kier alpha value is -7.08. The molecule has 3 heterocycles. The number of benzene rings is 7. The van der Waals surface area contributed by atoms with Crippen LogP contribution in [0.4, 0.5) is 0 Å². The van der Waals surface area contributed by atoms with Crippen LogP contribution in [0.1, 0.15) is 36.1 Å². The third-order valence-electron chi connectivity index (χ3n) is 11.4. The minimum Gasteiger partial charge on any atom is -0.456 e. The highest BCUT2D eigenvalue weighted by Gasteiger charge is 2.36. The second-order valence-corrected chi connectivity index (χ2v) is 14.4. The van der Waals surface area contributed by atoms with Gasteiger partial charge >= 0.3 is 0 Å². The Morgan fingerprint density at radius 1 is 0.462 bits per heavy atom. The van der Waals surface area contributed by atoms with Crippen LogP contribution in [-0.2, 0) is 5.41 Å². The van der Waals surface area contributed by atoms with Crippen molar-refractivity contribution in [3.8, 4) is 34.6 Å². The number of fused-ring (bicyclic) bond motifs is 12. The molecule has 52 heavy (non-hydrogen) atoms. The fourth-order valence-corrected chi connectivity index (χ4v) is 8.91. The van der Waals surface area contributed by atoms with E-state index in [1.54, 1.807) is 0 Å². The van der Waals surface area contributed by atoms with Crippen molar-refractivity contribution in [2.24, 2.45) is 0 Å². The minimum absolute atomic E-state index is 0.184. The van der Waals surface area contributed by atoms with Crippen molar-refractivity contribution < 1.29 is 4.42 Å². The molecule has 0 saturated heterocycles. The first-order valence-electron chi connectivity index (χ1n) is 17.5. The van der Waals surface area contributed by atoms with Crippen LogP contribution >= 0.6 is 0 Å². The smallest absolute Gasteiger partial charge is 0.135 e. The van der Waals surface area contributed by atoms with E-state index >= 15 is 0 Å². The Labute approximate surface area is 298 Å². The van der Waals surface area contributed by atoms with Crippen LogP contribution in [0.2, 0.25) is 0 Å². The average molecular weight is 665 g/mol. The molecule has 0 aliphatic heterocycles. The van der Waals surface area contributed by atoms with Crippen LogP contribution < -0.4 is 0 Å². The highest BCUT2D eigenvalue weighted by atomic mass is 16.3. The number of aromatic nitrogens is 2. The van der Waals surface area contributed by atoms with Gasteiger partial charge in [-0.15, -0.1) is 0 Å². The molecular formula is C47H28N4O. The topological polar surface area (TPSA) is 70.6 Å². The summed E-state index contributed by atoms with van der Waals surface area (Å²) < 4.78 is 11.1. The SMILES string of the molecule is CC1(C)c2ccc(C#N)cc2-c2cc3c(cc21)c1ccccc1n3-c1ccc2oc3ccc(-n4c5ccccc5c5cc(C#N)ccc54)cc3c2c1. The van der Waals surface area contributed by atoms with Gasteiger partial charge in [-0.1, -0.05) is 56.3 Å². The summed E-state index contributed by atoms with van der Waals surface area (Å²) in [5, 5.41) is 26.1. The molecule has 5 nitrogen and oxygen atoms in total. The predicted molar refractivity (Wildman–Crippen MR) is 209 cm³/mol. The van der Waals surface area contributed by atoms with Gasteiger partial charge in [0.05, 0.1) is 45.3 Å².